The molecule has 1 heterocycles. The number of carbonyl (C=O) groups excluding carboxylic acids is 2. The van der Waals surface area contributed by atoms with Crippen LogP contribution in [-0.4, -0.2) is 40.9 Å². The van der Waals surface area contributed by atoms with Crippen molar-refractivity contribution >= 4 is 11.8 Å². The van der Waals surface area contributed by atoms with Crippen molar-refractivity contribution in [3.8, 4) is 5.69 Å². The fraction of sp³-hybridized carbons (Fsp3) is 0.353. The number of para-hydroxylation sites is 1. The molecule has 3 rings (SSSR count). The first-order valence-corrected chi connectivity index (χ1v) is 8.13. The molecule has 0 saturated heterocycles. The number of nitrogens with one attached hydrogen (secondary N) is 2. The lowest BCUT2D eigenvalue weighted by Crippen LogP contribution is -2.41. The van der Waals surface area contributed by atoms with Crippen molar-refractivity contribution < 1.29 is 22.8 Å². The number of alkyl halides is 3. The summed E-state index contributed by atoms with van der Waals surface area (Å²) in [5.41, 5.74) is 2.81. The number of fused-ring (bicyclic) bond motifs is 1. The Morgan fingerprint density at radius 1 is 1.12 bits per heavy atom. The van der Waals surface area contributed by atoms with Gasteiger partial charge in [-0.2, -0.15) is 18.3 Å². The monoisotopic (exact) mass is 366 g/mol. The van der Waals surface area contributed by atoms with Crippen LogP contribution in [0.2, 0.25) is 0 Å². The lowest BCUT2D eigenvalue weighted by molar-refractivity contribution is -0.137. The van der Waals surface area contributed by atoms with E-state index in [1.165, 1.54) is 0 Å². The minimum atomic E-state index is -4.49. The van der Waals surface area contributed by atoms with E-state index in [0.717, 1.165) is 29.8 Å². The fourth-order valence-corrected chi connectivity index (χ4v) is 2.91. The molecule has 1 aliphatic rings. The highest BCUT2D eigenvalue weighted by Crippen LogP contribution is 2.27. The second-order valence-corrected chi connectivity index (χ2v) is 5.95. The van der Waals surface area contributed by atoms with Crippen LogP contribution in [0.3, 0.4) is 0 Å². The second-order valence-electron chi connectivity index (χ2n) is 5.95. The molecule has 0 fully saturated rings. The topological polar surface area (TPSA) is 76.0 Å². The van der Waals surface area contributed by atoms with Crippen molar-refractivity contribution in [3.05, 3.63) is 47.3 Å². The molecule has 0 bridgehead atoms. The number of rotatable bonds is 5. The third kappa shape index (κ3) is 4.04. The summed E-state index contributed by atoms with van der Waals surface area (Å²) in [5.74, 6) is -1.48. The Kier molecular flexibility index (Phi) is 4.97. The van der Waals surface area contributed by atoms with E-state index in [2.05, 4.69) is 10.4 Å². The lowest BCUT2D eigenvalue weighted by Gasteiger charge is -2.09. The molecule has 0 atom stereocenters. The average molecular weight is 366 g/mol. The van der Waals surface area contributed by atoms with Crippen LogP contribution < -0.4 is 10.6 Å². The average Bonchev–Trinajstić information content (AvgIpc) is 3.20. The number of nitrogens with zero attached hydrogens (tertiary/aromatic N) is 2. The lowest BCUT2D eigenvalue weighted by atomic mass is 10.2. The zero-order valence-electron chi connectivity index (χ0n) is 13.8. The predicted molar refractivity (Wildman–Crippen MR) is 87.0 cm³/mol. The van der Waals surface area contributed by atoms with E-state index in [1.54, 1.807) is 10.00 Å². The fourth-order valence-electron chi connectivity index (χ4n) is 2.91. The molecular formula is C17H17F3N4O2. The molecule has 0 saturated carbocycles. The van der Waals surface area contributed by atoms with E-state index in [4.69, 9.17) is 0 Å². The van der Waals surface area contributed by atoms with Crippen molar-refractivity contribution in [2.24, 2.45) is 0 Å². The van der Waals surface area contributed by atoms with Crippen LogP contribution in [0.15, 0.2) is 30.3 Å². The first kappa shape index (κ1) is 18.0. The van der Waals surface area contributed by atoms with Crippen LogP contribution >= 0.6 is 0 Å². The Bertz CT molecular complexity index is 815. The van der Waals surface area contributed by atoms with Gasteiger partial charge in [0.05, 0.1) is 12.2 Å². The molecule has 0 spiro atoms. The molecule has 2 amide bonds. The van der Waals surface area contributed by atoms with Crippen molar-refractivity contribution in [3.63, 3.8) is 0 Å². The Balaban J connectivity index is 1.70. The van der Waals surface area contributed by atoms with Crippen LogP contribution in [-0.2, 0) is 17.6 Å². The first-order valence-electron chi connectivity index (χ1n) is 8.13. The zero-order valence-corrected chi connectivity index (χ0v) is 13.8. The summed E-state index contributed by atoms with van der Waals surface area (Å²) in [6.07, 6.45) is -2.11. The third-order valence-corrected chi connectivity index (χ3v) is 4.04. The number of carbonyl (C=O) groups is 2. The van der Waals surface area contributed by atoms with E-state index >= 15 is 0 Å². The number of aromatic nitrogens is 2. The van der Waals surface area contributed by atoms with E-state index in [9.17, 15) is 22.8 Å². The Hall–Kier alpha value is -2.84. The molecule has 9 heteroatoms. The van der Waals surface area contributed by atoms with Gasteiger partial charge in [0.1, 0.15) is 6.54 Å². The molecule has 1 aromatic heterocycles. The van der Waals surface area contributed by atoms with Crippen LogP contribution in [0.4, 0.5) is 13.2 Å². The van der Waals surface area contributed by atoms with Crippen LogP contribution in [0.5, 0.6) is 0 Å². The van der Waals surface area contributed by atoms with Gasteiger partial charge in [-0.05, 0) is 31.4 Å². The van der Waals surface area contributed by atoms with Crippen LogP contribution in [0, 0.1) is 0 Å². The Morgan fingerprint density at radius 2 is 1.85 bits per heavy atom. The van der Waals surface area contributed by atoms with Gasteiger partial charge in [0.15, 0.2) is 5.69 Å². The largest absolute Gasteiger partial charge is 0.405 e. The van der Waals surface area contributed by atoms with E-state index in [0.29, 0.717) is 6.42 Å². The summed E-state index contributed by atoms with van der Waals surface area (Å²) in [4.78, 5) is 23.8. The van der Waals surface area contributed by atoms with Gasteiger partial charge in [-0.3, -0.25) is 9.59 Å². The van der Waals surface area contributed by atoms with Crippen molar-refractivity contribution in [2.45, 2.75) is 25.4 Å². The molecule has 1 aromatic carbocycles. The van der Waals surface area contributed by atoms with E-state index < -0.39 is 31.1 Å². The van der Waals surface area contributed by atoms with Gasteiger partial charge in [0.25, 0.3) is 5.91 Å². The molecule has 2 N–H and O–H groups in total. The minimum Gasteiger partial charge on any atom is -0.345 e. The molecule has 2 aromatic rings. The van der Waals surface area contributed by atoms with E-state index in [-0.39, 0.29) is 5.69 Å². The number of benzene rings is 1. The molecule has 0 unspecified atom stereocenters. The van der Waals surface area contributed by atoms with Gasteiger partial charge in [-0.1, -0.05) is 18.2 Å². The summed E-state index contributed by atoms with van der Waals surface area (Å²) < 4.78 is 37.9. The van der Waals surface area contributed by atoms with Gasteiger partial charge >= 0.3 is 6.18 Å². The third-order valence-electron chi connectivity index (χ3n) is 4.04. The normalized spacial score (nSPS) is 13.3. The molecule has 0 radical (unpaired) electrons. The summed E-state index contributed by atoms with van der Waals surface area (Å²) >= 11 is 0. The van der Waals surface area contributed by atoms with Gasteiger partial charge in [0.2, 0.25) is 5.91 Å². The minimum absolute atomic E-state index is 0.213. The summed E-state index contributed by atoms with van der Waals surface area (Å²) in [6.45, 7) is -1.97. The van der Waals surface area contributed by atoms with Gasteiger partial charge in [-0.15, -0.1) is 0 Å². The SMILES string of the molecule is O=C(CNC(=O)c1nn(-c2ccccc2)c2c1CCC2)NCC(F)(F)F. The van der Waals surface area contributed by atoms with Crippen LogP contribution in [0.1, 0.15) is 28.2 Å². The number of amides is 2. The highest BCUT2D eigenvalue weighted by Gasteiger charge is 2.29. The van der Waals surface area contributed by atoms with Gasteiger partial charge in [0, 0.05) is 11.3 Å². The summed E-state index contributed by atoms with van der Waals surface area (Å²) in [6, 6.07) is 9.35. The molecule has 138 valence electrons. The van der Waals surface area contributed by atoms with Crippen molar-refractivity contribution in [1.82, 2.24) is 20.4 Å². The maximum Gasteiger partial charge on any atom is 0.405 e. The summed E-state index contributed by atoms with van der Waals surface area (Å²) in [5, 5.41) is 8.40. The Labute approximate surface area is 147 Å². The highest BCUT2D eigenvalue weighted by molar-refractivity contribution is 5.96. The predicted octanol–water partition coefficient (Wildman–Crippen LogP) is 1.77. The smallest absolute Gasteiger partial charge is 0.345 e. The summed E-state index contributed by atoms with van der Waals surface area (Å²) in [7, 11) is 0. The molecule has 1 aliphatic carbocycles. The first-order chi connectivity index (χ1) is 12.3. The standard InChI is InChI=1S/C17H17F3N4O2/c18-17(19,20)10-22-14(25)9-21-16(26)15-12-7-4-8-13(12)24(23-15)11-5-2-1-3-6-11/h1-3,5-6H,4,7-10H2,(H,21,26)(H,22,25). The van der Waals surface area contributed by atoms with Gasteiger partial charge < -0.3 is 10.6 Å². The quantitative estimate of drug-likeness (QED) is 0.847. The molecule has 0 aliphatic heterocycles. The van der Waals surface area contributed by atoms with E-state index in [1.807, 2.05) is 30.3 Å². The maximum absolute atomic E-state index is 12.4. The molecule has 6 nitrogen and oxygen atoms in total. The molecular weight excluding hydrogens is 349 g/mol. The molecule has 26 heavy (non-hydrogen) atoms. The van der Waals surface area contributed by atoms with Crippen LogP contribution in [0.25, 0.3) is 5.69 Å². The van der Waals surface area contributed by atoms with Crippen molar-refractivity contribution in [2.75, 3.05) is 13.1 Å². The second kappa shape index (κ2) is 7.19. The number of hydrogen-bond donors (Lipinski definition) is 2. The number of halogens is 3. The number of hydrogen-bond acceptors (Lipinski definition) is 3. The van der Waals surface area contributed by atoms with Gasteiger partial charge in [-0.25, -0.2) is 4.68 Å². The highest BCUT2D eigenvalue weighted by atomic mass is 19.4. The van der Waals surface area contributed by atoms with Crippen molar-refractivity contribution in [1.29, 1.82) is 0 Å². The zero-order chi connectivity index (χ0) is 18.7. The maximum atomic E-state index is 12.4. The Morgan fingerprint density at radius 3 is 2.54 bits per heavy atom.